The molecule has 0 heterocycles. The van der Waals surface area contributed by atoms with Gasteiger partial charge in [0, 0.05) is 17.5 Å². The Bertz CT molecular complexity index is 386. The van der Waals surface area contributed by atoms with E-state index in [-0.39, 0.29) is 23.3 Å². The number of carbonyl (C=O) groups is 1. The summed E-state index contributed by atoms with van der Waals surface area (Å²) in [5.74, 6) is -0.545. The van der Waals surface area contributed by atoms with Crippen molar-refractivity contribution in [1.29, 1.82) is 0 Å². The second kappa shape index (κ2) is 3.08. The number of hydrogen-bond acceptors (Lipinski definition) is 4. The number of aliphatic hydroxyl groups is 2. The molecule has 1 aliphatic rings. The van der Waals surface area contributed by atoms with Crippen molar-refractivity contribution in [2.75, 3.05) is 0 Å². The fourth-order valence-electron chi connectivity index (χ4n) is 1.73. The zero-order valence-corrected chi connectivity index (χ0v) is 7.34. The molecule has 2 atom stereocenters. The Labute approximate surface area is 80.4 Å². The lowest BCUT2D eigenvalue weighted by Gasteiger charge is -2.24. The maximum absolute atomic E-state index is 11.4. The van der Waals surface area contributed by atoms with Gasteiger partial charge in [0.15, 0.2) is 5.78 Å². The molecule has 0 amide bonds. The van der Waals surface area contributed by atoms with Gasteiger partial charge in [0.25, 0.3) is 0 Å². The fourth-order valence-corrected chi connectivity index (χ4v) is 1.73. The van der Waals surface area contributed by atoms with Crippen LogP contribution in [0.15, 0.2) is 18.2 Å². The van der Waals surface area contributed by atoms with E-state index < -0.39 is 18.0 Å². The average molecular weight is 194 g/mol. The largest absolute Gasteiger partial charge is 0.508 e. The molecule has 0 aromatic heterocycles. The molecule has 0 saturated heterocycles. The number of hydrogen-bond donors (Lipinski definition) is 3. The van der Waals surface area contributed by atoms with Crippen molar-refractivity contribution in [3.8, 4) is 5.75 Å². The van der Waals surface area contributed by atoms with Gasteiger partial charge in [-0.05, 0) is 6.07 Å². The van der Waals surface area contributed by atoms with Gasteiger partial charge in [0.05, 0.1) is 6.10 Å². The lowest BCUT2D eigenvalue weighted by atomic mass is 9.86. The molecule has 4 nitrogen and oxygen atoms in total. The van der Waals surface area contributed by atoms with E-state index in [1.165, 1.54) is 18.2 Å². The van der Waals surface area contributed by atoms with Crippen molar-refractivity contribution in [3.05, 3.63) is 29.3 Å². The summed E-state index contributed by atoms with van der Waals surface area (Å²) in [4.78, 5) is 11.4. The third-order valence-corrected chi connectivity index (χ3v) is 2.43. The highest BCUT2D eigenvalue weighted by Crippen LogP contribution is 2.35. The van der Waals surface area contributed by atoms with Gasteiger partial charge in [-0.1, -0.05) is 12.1 Å². The van der Waals surface area contributed by atoms with Crippen molar-refractivity contribution in [2.45, 2.75) is 18.6 Å². The third-order valence-electron chi connectivity index (χ3n) is 2.43. The number of aromatic hydroxyl groups is 1. The van der Waals surface area contributed by atoms with Gasteiger partial charge >= 0.3 is 0 Å². The molecule has 0 bridgehead atoms. The molecule has 0 radical (unpaired) electrons. The molecule has 0 fully saturated rings. The summed E-state index contributed by atoms with van der Waals surface area (Å²) in [7, 11) is 0. The van der Waals surface area contributed by atoms with E-state index in [9.17, 15) is 20.1 Å². The first kappa shape index (κ1) is 9.18. The molecule has 14 heavy (non-hydrogen) atoms. The molecular formula is C10H10O4. The molecule has 0 aliphatic heterocycles. The van der Waals surface area contributed by atoms with E-state index in [0.717, 1.165) is 0 Å². The third kappa shape index (κ3) is 1.20. The van der Waals surface area contributed by atoms with Crippen LogP contribution in [0, 0.1) is 0 Å². The van der Waals surface area contributed by atoms with Crippen LogP contribution in [0.4, 0.5) is 0 Å². The molecule has 3 N–H and O–H groups in total. The summed E-state index contributed by atoms with van der Waals surface area (Å²) < 4.78 is 0. The van der Waals surface area contributed by atoms with Crippen LogP contribution in [0.5, 0.6) is 5.75 Å². The van der Waals surface area contributed by atoms with Gasteiger partial charge < -0.3 is 15.3 Å². The topological polar surface area (TPSA) is 77.8 Å². The van der Waals surface area contributed by atoms with Crippen molar-refractivity contribution in [2.24, 2.45) is 0 Å². The lowest BCUT2D eigenvalue weighted by Crippen LogP contribution is -2.29. The normalized spacial score (nSPS) is 26.0. The second-order valence-corrected chi connectivity index (χ2v) is 3.37. The van der Waals surface area contributed by atoms with Crippen molar-refractivity contribution in [3.63, 3.8) is 0 Å². The van der Waals surface area contributed by atoms with E-state index in [1.54, 1.807) is 0 Å². The highest BCUT2D eigenvalue weighted by Gasteiger charge is 2.32. The van der Waals surface area contributed by atoms with Gasteiger partial charge in [0.2, 0.25) is 0 Å². The molecule has 0 saturated carbocycles. The zero-order chi connectivity index (χ0) is 10.3. The van der Waals surface area contributed by atoms with Gasteiger partial charge in [-0.2, -0.15) is 0 Å². The van der Waals surface area contributed by atoms with Gasteiger partial charge in [-0.3, -0.25) is 4.79 Å². The molecule has 2 unspecified atom stereocenters. The van der Waals surface area contributed by atoms with E-state index in [4.69, 9.17) is 0 Å². The minimum atomic E-state index is -1.17. The number of phenols is 1. The fraction of sp³-hybridized carbons (Fsp3) is 0.300. The Kier molecular flexibility index (Phi) is 2.02. The smallest absolute Gasteiger partial charge is 0.191 e. The quantitative estimate of drug-likeness (QED) is 0.557. The molecule has 74 valence electrons. The Balaban J connectivity index is 2.61. The number of phenolic OH excluding ortho intramolecular Hbond substituents is 1. The molecular weight excluding hydrogens is 184 g/mol. The predicted molar refractivity (Wildman–Crippen MR) is 48.0 cm³/mol. The van der Waals surface area contributed by atoms with E-state index in [1.807, 2.05) is 0 Å². The highest BCUT2D eigenvalue weighted by molar-refractivity contribution is 6.02. The zero-order valence-electron chi connectivity index (χ0n) is 7.34. The SMILES string of the molecule is O=C1c2cccc(O)c2C(O)CC1O. The standard InChI is InChI=1S/C10H10O4/c11-6-3-1-2-5-9(6)7(12)4-8(13)10(5)14/h1-3,7-8,11-13H,4H2. The van der Waals surface area contributed by atoms with Crippen LogP contribution < -0.4 is 0 Å². The Morgan fingerprint density at radius 3 is 2.64 bits per heavy atom. The molecule has 0 spiro atoms. The Hall–Kier alpha value is -1.39. The number of Topliss-reactive ketones (excluding diaryl/α,β-unsaturated/α-hetero) is 1. The van der Waals surface area contributed by atoms with Gasteiger partial charge in [-0.25, -0.2) is 0 Å². The Morgan fingerprint density at radius 2 is 1.93 bits per heavy atom. The predicted octanol–water partition coefficient (Wildman–Crippen LogP) is 0.373. The summed E-state index contributed by atoms with van der Waals surface area (Å²) in [5.41, 5.74) is 0.430. The van der Waals surface area contributed by atoms with E-state index in [2.05, 4.69) is 0 Å². The van der Waals surface area contributed by atoms with Crippen molar-refractivity contribution in [1.82, 2.24) is 0 Å². The number of carbonyl (C=O) groups excluding carboxylic acids is 1. The van der Waals surface area contributed by atoms with Crippen LogP contribution in [0.1, 0.15) is 28.4 Å². The van der Waals surface area contributed by atoms with Crippen LogP contribution >= 0.6 is 0 Å². The minimum Gasteiger partial charge on any atom is -0.508 e. The van der Waals surface area contributed by atoms with Crippen molar-refractivity contribution < 1.29 is 20.1 Å². The molecule has 1 aromatic carbocycles. The molecule has 4 heteroatoms. The lowest BCUT2D eigenvalue weighted by molar-refractivity contribution is 0.0477. The molecule has 1 aliphatic carbocycles. The van der Waals surface area contributed by atoms with E-state index >= 15 is 0 Å². The Morgan fingerprint density at radius 1 is 1.21 bits per heavy atom. The van der Waals surface area contributed by atoms with E-state index in [0.29, 0.717) is 0 Å². The van der Waals surface area contributed by atoms with Crippen LogP contribution in [-0.4, -0.2) is 27.2 Å². The average Bonchev–Trinajstić information content (AvgIpc) is 2.14. The second-order valence-electron chi connectivity index (χ2n) is 3.37. The van der Waals surface area contributed by atoms with Crippen LogP contribution in [0.2, 0.25) is 0 Å². The summed E-state index contributed by atoms with van der Waals surface area (Å²) in [5, 5.41) is 28.3. The van der Waals surface area contributed by atoms with Crippen molar-refractivity contribution >= 4 is 5.78 Å². The summed E-state index contributed by atoms with van der Waals surface area (Å²) in [6.45, 7) is 0. The van der Waals surface area contributed by atoms with Crippen LogP contribution in [-0.2, 0) is 0 Å². The monoisotopic (exact) mass is 194 g/mol. The number of rotatable bonds is 0. The number of aliphatic hydroxyl groups excluding tert-OH is 2. The van der Waals surface area contributed by atoms with Gasteiger partial charge in [0.1, 0.15) is 11.9 Å². The summed E-state index contributed by atoms with van der Waals surface area (Å²) >= 11 is 0. The molecule has 2 rings (SSSR count). The number of ketones is 1. The first-order valence-corrected chi connectivity index (χ1v) is 4.33. The van der Waals surface area contributed by atoms with Gasteiger partial charge in [-0.15, -0.1) is 0 Å². The molecule has 1 aromatic rings. The maximum atomic E-state index is 11.4. The van der Waals surface area contributed by atoms with Crippen LogP contribution in [0.25, 0.3) is 0 Å². The number of benzene rings is 1. The summed E-state index contributed by atoms with van der Waals surface area (Å²) in [6, 6.07) is 4.41. The first-order valence-electron chi connectivity index (χ1n) is 4.33. The summed E-state index contributed by atoms with van der Waals surface area (Å²) in [6.07, 6.45) is -2.19. The highest BCUT2D eigenvalue weighted by atomic mass is 16.3. The maximum Gasteiger partial charge on any atom is 0.191 e. The first-order chi connectivity index (χ1) is 6.61. The minimum absolute atomic E-state index is 0.0522. The van der Waals surface area contributed by atoms with Crippen LogP contribution in [0.3, 0.4) is 0 Å². The number of fused-ring (bicyclic) bond motifs is 1.